The highest BCUT2D eigenvalue weighted by Gasteiger charge is 2.19. The summed E-state index contributed by atoms with van der Waals surface area (Å²) in [5, 5.41) is 14.1. The highest BCUT2D eigenvalue weighted by molar-refractivity contribution is 9.10. The lowest BCUT2D eigenvalue weighted by Gasteiger charge is -2.32. The first-order valence-electron chi connectivity index (χ1n) is 6.86. The van der Waals surface area contributed by atoms with Crippen molar-refractivity contribution in [2.24, 2.45) is 0 Å². The first-order chi connectivity index (χ1) is 9.58. The molecule has 1 N–H and O–H groups in total. The summed E-state index contributed by atoms with van der Waals surface area (Å²) in [6.45, 7) is 5.02. The SMILES string of the molecule is CC(CNc1ncc(Br)cc1[N+](=O)[O-])N1CCCCC1. The number of likely N-dealkylation sites (tertiary alicyclic amines) is 1. The van der Waals surface area contributed by atoms with Crippen LogP contribution in [0.1, 0.15) is 26.2 Å². The Morgan fingerprint density at radius 1 is 1.50 bits per heavy atom. The van der Waals surface area contributed by atoms with Crippen molar-refractivity contribution in [2.75, 3.05) is 25.0 Å². The molecule has 1 saturated heterocycles. The zero-order valence-corrected chi connectivity index (χ0v) is 13.1. The minimum Gasteiger partial charge on any atom is -0.363 e. The van der Waals surface area contributed by atoms with Gasteiger partial charge in [-0.15, -0.1) is 0 Å². The van der Waals surface area contributed by atoms with Gasteiger partial charge in [0.1, 0.15) is 0 Å². The molecule has 2 heterocycles. The molecule has 1 aromatic rings. The van der Waals surface area contributed by atoms with Crippen LogP contribution in [0.3, 0.4) is 0 Å². The van der Waals surface area contributed by atoms with Crippen LogP contribution < -0.4 is 5.32 Å². The average Bonchev–Trinajstić information content (AvgIpc) is 2.46. The number of piperidine rings is 1. The minimum atomic E-state index is -0.411. The predicted octanol–water partition coefficient (Wildman–Crippen LogP) is 3.04. The van der Waals surface area contributed by atoms with E-state index in [1.165, 1.54) is 25.3 Å². The van der Waals surface area contributed by atoms with Gasteiger partial charge in [0.15, 0.2) is 0 Å². The largest absolute Gasteiger partial charge is 0.363 e. The Labute approximate surface area is 126 Å². The third kappa shape index (κ3) is 3.89. The van der Waals surface area contributed by atoms with Gasteiger partial charge in [-0.25, -0.2) is 4.98 Å². The summed E-state index contributed by atoms with van der Waals surface area (Å²) in [7, 11) is 0. The van der Waals surface area contributed by atoms with Crippen molar-refractivity contribution in [3.05, 3.63) is 26.9 Å². The highest BCUT2D eigenvalue weighted by Crippen LogP contribution is 2.25. The smallest absolute Gasteiger partial charge is 0.312 e. The first-order valence-corrected chi connectivity index (χ1v) is 7.65. The molecule has 7 heteroatoms. The van der Waals surface area contributed by atoms with Crippen molar-refractivity contribution in [1.82, 2.24) is 9.88 Å². The molecule has 0 radical (unpaired) electrons. The molecule has 1 aliphatic rings. The zero-order valence-electron chi connectivity index (χ0n) is 11.5. The standard InChI is InChI=1S/C13H19BrN4O2/c1-10(17-5-3-2-4-6-17)8-15-13-12(18(19)20)7-11(14)9-16-13/h7,9-10H,2-6,8H2,1H3,(H,15,16). The molecule has 1 aliphatic heterocycles. The molecular formula is C13H19BrN4O2. The number of nitro groups is 1. The summed E-state index contributed by atoms with van der Waals surface area (Å²) >= 11 is 3.20. The van der Waals surface area contributed by atoms with Crippen LogP contribution in [-0.4, -0.2) is 40.5 Å². The molecule has 0 aromatic carbocycles. The van der Waals surface area contributed by atoms with Gasteiger partial charge in [-0.1, -0.05) is 6.42 Å². The normalized spacial score (nSPS) is 17.7. The summed E-state index contributed by atoms with van der Waals surface area (Å²) < 4.78 is 0.610. The molecule has 2 rings (SSSR count). The van der Waals surface area contributed by atoms with Gasteiger partial charge in [0, 0.05) is 29.3 Å². The van der Waals surface area contributed by atoms with E-state index in [0.29, 0.717) is 22.9 Å². The topological polar surface area (TPSA) is 71.3 Å². The van der Waals surface area contributed by atoms with E-state index in [-0.39, 0.29) is 5.69 Å². The van der Waals surface area contributed by atoms with E-state index in [9.17, 15) is 10.1 Å². The maximum absolute atomic E-state index is 11.0. The van der Waals surface area contributed by atoms with E-state index >= 15 is 0 Å². The van der Waals surface area contributed by atoms with E-state index < -0.39 is 4.92 Å². The number of pyridine rings is 1. The Bertz CT molecular complexity index is 477. The van der Waals surface area contributed by atoms with Gasteiger partial charge in [0.05, 0.1) is 4.92 Å². The summed E-state index contributed by atoms with van der Waals surface area (Å²) in [6.07, 6.45) is 5.35. The van der Waals surface area contributed by atoms with Gasteiger partial charge in [0.25, 0.3) is 0 Å². The third-order valence-corrected chi connectivity index (χ3v) is 4.04. The molecule has 110 valence electrons. The van der Waals surface area contributed by atoms with Gasteiger partial charge in [-0.3, -0.25) is 15.0 Å². The van der Waals surface area contributed by atoms with Crippen molar-refractivity contribution in [3.63, 3.8) is 0 Å². The van der Waals surface area contributed by atoms with Crippen molar-refractivity contribution in [3.8, 4) is 0 Å². The van der Waals surface area contributed by atoms with Gasteiger partial charge in [-0.2, -0.15) is 0 Å². The summed E-state index contributed by atoms with van der Waals surface area (Å²) in [5.41, 5.74) is 0.00483. The summed E-state index contributed by atoms with van der Waals surface area (Å²) in [5.74, 6) is 0.335. The fourth-order valence-electron chi connectivity index (χ4n) is 2.44. The molecule has 1 aromatic heterocycles. The van der Waals surface area contributed by atoms with Gasteiger partial charge in [0.2, 0.25) is 5.82 Å². The van der Waals surface area contributed by atoms with E-state index in [1.54, 1.807) is 6.20 Å². The summed E-state index contributed by atoms with van der Waals surface area (Å²) in [6, 6.07) is 1.82. The molecule has 20 heavy (non-hydrogen) atoms. The van der Waals surface area contributed by atoms with Crippen LogP contribution in [0.5, 0.6) is 0 Å². The molecular weight excluding hydrogens is 324 g/mol. The molecule has 0 aliphatic carbocycles. The Morgan fingerprint density at radius 3 is 2.85 bits per heavy atom. The van der Waals surface area contributed by atoms with Gasteiger partial charge in [-0.05, 0) is 48.8 Å². The Balaban J connectivity index is 1.97. The lowest BCUT2D eigenvalue weighted by atomic mass is 10.1. The number of aromatic nitrogens is 1. The predicted molar refractivity (Wildman–Crippen MR) is 82.0 cm³/mol. The Hall–Kier alpha value is -1.21. The number of anilines is 1. The van der Waals surface area contributed by atoms with Crippen molar-refractivity contribution < 1.29 is 4.92 Å². The lowest BCUT2D eigenvalue weighted by Crippen LogP contribution is -2.41. The number of hydrogen-bond acceptors (Lipinski definition) is 5. The number of halogens is 1. The van der Waals surface area contributed by atoms with Crippen LogP contribution in [0, 0.1) is 10.1 Å². The van der Waals surface area contributed by atoms with E-state index in [4.69, 9.17) is 0 Å². The van der Waals surface area contributed by atoms with Crippen LogP contribution in [0.25, 0.3) is 0 Å². The van der Waals surface area contributed by atoms with Gasteiger partial charge >= 0.3 is 5.69 Å². The van der Waals surface area contributed by atoms with E-state index in [0.717, 1.165) is 13.1 Å². The van der Waals surface area contributed by atoms with Crippen molar-refractivity contribution in [2.45, 2.75) is 32.2 Å². The van der Waals surface area contributed by atoms with E-state index in [1.807, 2.05) is 0 Å². The number of rotatable bonds is 5. The molecule has 0 spiro atoms. The van der Waals surface area contributed by atoms with E-state index in [2.05, 4.69) is 38.1 Å². The monoisotopic (exact) mass is 342 g/mol. The second-order valence-electron chi connectivity index (χ2n) is 5.10. The first kappa shape index (κ1) is 15.2. The van der Waals surface area contributed by atoms with Crippen molar-refractivity contribution in [1.29, 1.82) is 0 Å². The zero-order chi connectivity index (χ0) is 14.5. The average molecular weight is 343 g/mol. The lowest BCUT2D eigenvalue weighted by molar-refractivity contribution is -0.384. The number of nitrogens with one attached hydrogen (secondary N) is 1. The maximum Gasteiger partial charge on any atom is 0.312 e. The highest BCUT2D eigenvalue weighted by atomic mass is 79.9. The third-order valence-electron chi connectivity index (χ3n) is 3.61. The van der Waals surface area contributed by atoms with Crippen LogP contribution in [-0.2, 0) is 0 Å². The van der Waals surface area contributed by atoms with Crippen LogP contribution in [0.2, 0.25) is 0 Å². The molecule has 1 fully saturated rings. The van der Waals surface area contributed by atoms with Crippen LogP contribution in [0.15, 0.2) is 16.7 Å². The van der Waals surface area contributed by atoms with Crippen LogP contribution >= 0.6 is 15.9 Å². The minimum absolute atomic E-state index is 0.00483. The fraction of sp³-hybridized carbons (Fsp3) is 0.615. The molecule has 6 nitrogen and oxygen atoms in total. The fourth-order valence-corrected chi connectivity index (χ4v) is 2.76. The molecule has 0 bridgehead atoms. The molecule has 0 saturated carbocycles. The van der Waals surface area contributed by atoms with Crippen LogP contribution in [0.4, 0.5) is 11.5 Å². The molecule has 1 unspecified atom stereocenters. The van der Waals surface area contributed by atoms with Gasteiger partial charge < -0.3 is 5.32 Å². The number of nitrogens with zero attached hydrogens (tertiary/aromatic N) is 3. The molecule has 0 amide bonds. The van der Waals surface area contributed by atoms with Crippen molar-refractivity contribution >= 4 is 27.4 Å². The second kappa shape index (κ2) is 6.99. The second-order valence-corrected chi connectivity index (χ2v) is 6.02. The summed E-state index contributed by atoms with van der Waals surface area (Å²) in [4.78, 5) is 17.1. The Kier molecular flexibility index (Phi) is 5.31. The quantitative estimate of drug-likeness (QED) is 0.657. The molecule has 1 atom stereocenters. The maximum atomic E-state index is 11.0. The number of hydrogen-bond donors (Lipinski definition) is 1. The Morgan fingerprint density at radius 2 is 2.20 bits per heavy atom.